The summed E-state index contributed by atoms with van der Waals surface area (Å²) >= 11 is 0. The fourth-order valence-electron chi connectivity index (χ4n) is 1.40. The van der Waals surface area contributed by atoms with E-state index < -0.39 is 11.7 Å². The molecule has 1 aromatic carbocycles. The van der Waals surface area contributed by atoms with Gasteiger partial charge in [0.15, 0.2) is 0 Å². The first-order chi connectivity index (χ1) is 8.27. The van der Waals surface area contributed by atoms with Crippen LogP contribution in [0, 0.1) is 11.3 Å². The van der Waals surface area contributed by atoms with Crippen molar-refractivity contribution in [3.05, 3.63) is 41.1 Å². The third-order valence-electron chi connectivity index (χ3n) is 2.65. The molecule has 0 atom stereocenters. The second-order valence-electron chi connectivity index (χ2n) is 4.04. The number of nitriles is 1. The van der Waals surface area contributed by atoms with Gasteiger partial charge < -0.3 is 4.90 Å². The SMILES string of the molecule is CC(=C(C#N)c1ccc(C(F)(F)F)cc1)N(C)C. The molecule has 5 heteroatoms. The maximum atomic E-state index is 12.4. The second-order valence-corrected chi connectivity index (χ2v) is 4.04. The lowest BCUT2D eigenvalue weighted by atomic mass is 10.0. The van der Waals surface area contributed by atoms with Gasteiger partial charge in [-0.05, 0) is 24.6 Å². The molecule has 96 valence electrons. The zero-order valence-corrected chi connectivity index (χ0v) is 10.3. The van der Waals surface area contributed by atoms with Crippen LogP contribution in [0.1, 0.15) is 18.1 Å². The van der Waals surface area contributed by atoms with Crippen molar-refractivity contribution in [2.24, 2.45) is 0 Å². The Morgan fingerprint density at radius 1 is 1.17 bits per heavy atom. The summed E-state index contributed by atoms with van der Waals surface area (Å²) in [5.41, 5.74) is 0.841. The summed E-state index contributed by atoms with van der Waals surface area (Å²) in [7, 11) is 3.55. The molecule has 0 amide bonds. The number of benzene rings is 1. The zero-order chi connectivity index (χ0) is 13.9. The predicted octanol–water partition coefficient (Wildman–Crippen LogP) is 3.52. The number of hydrogen-bond acceptors (Lipinski definition) is 2. The van der Waals surface area contributed by atoms with E-state index in [1.54, 1.807) is 25.9 Å². The molecule has 0 saturated carbocycles. The molecule has 0 saturated heterocycles. The van der Waals surface area contributed by atoms with Gasteiger partial charge in [-0.2, -0.15) is 18.4 Å². The fourth-order valence-corrected chi connectivity index (χ4v) is 1.40. The van der Waals surface area contributed by atoms with Gasteiger partial charge in [-0.1, -0.05) is 12.1 Å². The number of hydrogen-bond donors (Lipinski definition) is 0. The average Bonchev–Trinajstić information content (AvgIpc) is 2.29. The van der Waals surface area contributed by atoms with Crippen LogP contribution in [-0.2, 0) is 6.18 Å². The van der Waals surface area contributed by atoms with E-state index >= 15 is 0 Å². The highest BCUT2D eigenvalue weighted by Gasteiger charge is 2.30. The smallest absolute Gasteiger partial charge is 0.380 e. The highest BCUT2D eigenvalue weighted by molar-refractivity contribution is 5.78. The number of halogens is 3. The Labute approximate surface area is 104 Å². The fraction of sp³-hybridized carbons (Fsp3) is 0.308. The van der Waals surface area contributed by atoms with E-state index in [0.29, 0.717) is 16.8 Å². The summed E-state index contributed by atoms with van der Waals surface area (Å²) in [6.45, 7) is 1.75. The lowest BCUT2D eigenvalue weighted by Crippen LogP contribution is -2.10. The molecule has 0 radical (unpaired) electrons. The molecular formula is C13H13F3N2. The van der Waals surface area contributed by atoms with Crippen LogP contribution in [0.5, 0.6) is 0 Å². The number of nitrogens with zero attached hydrogens (tertiary/aromatic N) is 2. The molecule has 1 rings (SSSR count). The van der Waals surface area contributed by atoms with E-state index in [2.05, 4.69) is 0 Å². The van der Waals surface area contributed by atoms with Crippen LogP contribution in [0.15, 0.2) is 30.0 Å². The Morgan fingerprint density at radius 3 is 2.00 bits per heavy atom. The Kier molecular flexibility index (Phi) is 4.02. The molecule has 0 bridgehead atoms. The van der Waals surface area contributed by atoms with E-state index in [9.17, 15) is 13.2 Å². The molecule has 0 fully saturated rings. The average molecular weight is 254 g/mol. The van der Waals surface area contributed by atoms with Crippen molar-refractivity contribution in [3.63, 3.8) is 0 Å². The topological polar surface area (TPSA) is 27.0 Å². The van der Waals surface area contributed by atoms with Crippen LogP contribution >= 0.6 is 0 Å². The first-order valence-electron chi connectivity index (χ1n) is 5.23. The Bertz CT molecular complexity index is 490. The Hall–Kier alpha value is -1.96. The minimum atomic E-state index is -4.36. The molecule has 2 nitrogen and oxygen atoms in total. The first-order valence-corrected chi connectivity index (χ1v) is 5.23. The molecule has 0 spiro atoms. The maximum Gasteiger partial charge on any atom is 0.416 e. The van der Waals surface area contributed by atoms with Crippen LogP contribution in [-0.4, -0.2) is 19.0 Å². The van der Waals surface area contributed by atoms with E-state index in [-0.39, 0.29) is 0 Å². The van der Waals surface area contributed by atoms with Crippen molar-refractivity contribution in [3.8, 4) is 6.07 Å². The molecule has 0 heterocycles. The second kappa shape index (κ2) is 5.13. The van der Waals surface area contributed by atoms with Crippen molar-refractivity contribution in [1.29, 1.82) is 5.26 Å². The summed E-state index contributed by atoms with van der Waals surface area (Å²) in [6, 6.07) is 6.61. The van der Waals surface area contributed by atoms with Gasteiger partial charge in [0, 0.05) is 19.8 Å². The molecule has 0 aliphatic heterocycles. The monoisotopic (exact) mass is 254 g/mol. The summed E-state index contributed by atoms with van der Waals surface area (Å²) in [6.07, 6.45) is -4.36. The minimum Gasteiger partial charge on any atom is -0.380 e. The number of rotatable bonds is 2. The van der Waals surface area contributed by atoms with Crippen molar-refractivity contribution in [2.45, 2.75) is 13.1 Å². The molecule has 1 aromatic rings. The third kappa shape index (κ3) is 3.04. The molecule has 0 aliphatic rings. The summed E-state index contributed by atoms with van der Waals surface area (Å²) < 4.78 is 37.2. The summed E-state index contributed by atoms with van der Waals surface area (Å²) in [5.74, 6) is 0. The predicted molar refractivity (Wildman–Crippen MR) is 63.3 cm³/mol. The van der Waals surface area contributed by atoms with Gasteiger partial charge in [0.2, 0.25) is 0 Å². The van der Waals surface area contributed by atoms with E-state index in [1.165, 1.54) is 12.1 Å². The van der Waals surface area contributed by atoms with Gasteiger partial charge in [-0.3, -0.25) is 0 Å². The third-order valence-corrected chi connectivity index (χ3v) is 2.65. The van der Waals surface area contributed by atoms with E-state index in [1.807, 2.05) is 6.07 Å². The van der Waals surface area contributed by atoms with Crippen molar-refractivity contribution in [2.75, 3.05) is 14.1 Å². The lowest BCUT2D eigenvalue weighted by Gasteiger charge is -2.15. The quantitative estimate of drug-likeness (QED) is 0.755. The normalized spacial score (nSPS) is 12.7. The van der Waals surface area contributed by atoms with Crippen LogP contribution in [0.3, 0.4) is 0 Å². The molecule has 0 aromatic heterocycles. The van der Waals surface area contributed by atoms with Crippen LogP contribution in [0.25, 0.3) is 5.57 Å². The standard InChI is InChI=1S/C13H13F3N2/c1-9(18(2)3)12(8-17)10-4-6-11(7-5-10)13(14,15)16/h4-7H,1-3H3. The van der Waals surface area contributed by atoms with Crippen LogP contribution in [0.4, 0.5) is 13.2 Å². The van der Waals surface area contributed by atoms with E-state index in [0.717, 1.165) is 12.1 Å². The van der Waals surface area contributed by atoms with Gasteiger partial charge in [-0.15, -0.1) is 0 Å². The molecule has 18 heavy (non-hydrogen) atoms. The number of alkyl halides is 3. The van der Waals surface area contributed by atoms with Crippen molar-refractivity contribution >= 4 is 5.57 Å². The van der Waals surface area contributed by atoms with Crippen LogP contribution < -0.4 is 0 Å². The van der Waals surface area contributed by atoms with Gasteiger partial charge in [-0.25, -0.2) is 0 Å². The highest BCUT2D eigenvalue weighted by atomic mass is 19.4. The minimum absolute atomic E-state index is 0.369. The van der Waals surface area contributed by atoms with Gasteiger partial charge in [0.1, 0.15) is 6.07 Å². The van der Waals surface area contributed by atoms with E-state index in [4.69, 9.17) is 5.26 Å². The first kappa shape index (κ1) is 14.1. The molecule has 0 unspecified atom stereocenters. The summed E-state index contributed by atoms with van der Waals surface area (Å²) in [5, 5.41) is 9.07. The van der Waals surface area contributed by atoms with Crippen molar-refractivity contribution in [1.82, 2.24) is 4.90 Å². The molecule has 0 aliphatic carbocycles. The van der Waals surface area contributed by atoms with Gasteiger partial charge >= 0.3 is 6.18 Å². The van der Waals surface area contributed by atoms with Crippen molar-refractivity contribution < 1.29 is 13.2 Å². The van der Waals surface area contributed by atoms with Gasteiger partial charge in [0.05, 0.1) is 11.1 Å². The summed E-state index contributed by atoms with van der Waals surface area (Å²) in [4.78, 5) is 1.75. The molecular weight excluding hydrogens is 241 g/mol. The molecule has 0 N–H and O–H groups in total. The van der Waals surface area contributed by atoms with Crippen LogP contribution in [0.2, 0.25) is 0 Å². The zero-order valence-electron chi connectivity index (χ0n) is 10.3. The Morgan fingerprint density at radius 2 is 1.67 bits per heavy atom. The largest absolute Gasteiger partial charge is 0.416 e. The Balaban J connectivity index is 3.21. The lowest BCUT2D eigenvalue weighted by molar-refractivity contribution is -0.137. The number of allylic oxidation sites excluding steroid dienone is 2. The maximum absolute atomic E-state index is 12.4. The van der Waals surface area contributed by atoms with Gasteiger partial charge in [0.25, 0.3) is 0 Å². The highest BCUT2D eigenvalue weighted by Crippen LogP contribution is 2.30.